The summed E-state index contributed by atoms with van der Waals surface area (Å²) in [5, 5.41) is 6.12. The number of benzene rings is 2. The number of hydrogen-bond acceptors (Lipinski definition) is 6. The Kier molecular flexibility index (Phi) is 5.67. The molecule has 1 aliphatic rings. The van der Waals surface area contributed by atoms with Gasteiger partial charge >= 0.3 is 0 Å². The molecular weight excluding hydrogens is 366 g/mol. The quantitative estimate of drug-likeness (QED) is 0.693. The molecule has 1 fully saturated rings. The number of amides is 1. The highest BCUT2D eigenvalue weighted by Gasteiger charge is 2.16. The average Bonchev–Trinajstić information content (AvgIpc) is 2.76. The van der Waals surface area contributed by atoms with Crippen molar-refractivity contribution in [3.05, 3.63) is 60.7 Å². The van der Waals surface area contributed by atoms with Gasteiger partial charge in [-0.05, 0) is 24.3 Å². The highest BCUT2D eigenvalue weighted by molar-refractivity contribution is 5.88. The lowest BCUT2D eigenvalue weighted by molar-refractivity contribution is -0.114. The van der Waals surface area contributed by atoms with Gasteiger partial charge in [0.1, 0.15) is 5.82 Å². The van der Waals surface area contributed by atoms with Gasteiger partial charge < -0.3 is 20.3 Å². The molecule has 0 atom stereocenters. The zero-order chi connectivity index (χ0) is 20.1. The number of carbonyl (C=O) groups is 1. The van der Waals surface area contributed by atoms with E-state index in [9.17, 15) is 4.79 Å². The first kappa shape index (κ1) is 18.9. The van der Waals surface area contributed by atoms with Crippen LogP contribution in [0.25, 0.3) is 11.3 Å². The molecule has 0 radical (unpaired) electrons. The fourth-order valence-electron chi connectivity index (χ4n) is 3.15. The van der Waals surface area contributed by atoms with Crippen LogP contribution >= 0.6 is 0 Å². The lowest BCUT2D eigenvalue weighted by Gasteiger charge is -2.27. The topological polar surface area (TPSA) is 79.4 Å². The third-order valence-electron chi connectivity index (χ3n) is 4.56. The third kappa shape index (κ3) is 4.89. The van der Waals surface area contributed by atoms with Gasteiger partial charge in [0.05, 0.1) is 18.9 Å². The minimum Gasteiger partial charge on any atom is -0.378 e. The molecule has 1 aromatic heterocycles. The summed E-state index contributed by atoms with van der Waals surface area (Å²) in [5.74, 6) is 1.31. The Labute approximate surface area is 169 Å². The van der Waals surface area contributed by atoms with Crippen LogP contribution in [0.3, 0.4) is 0 Å². The predicted molar refractivity (Wildman–Crippen MR) is 115 cm³/mol. The van der Waals surface area contributed by atoms with E-state index in [1.807, 2.05) is 60.7 Å². The van der Waals surface area contributed by atoms with Crippen molar-refractivity contribution < 1.29 is 9.53 Å². The Morgan fingerprint density at radius 3 is 2.34 bits per heavy atom. The van der Waals surface area contributed by atoms with E-state index in [1.54, 1.807) is 0 Å². The average molecular weight is 389 g/mol. The Morgan fingerprint density at radius 2 is 1.66 bits per heavy atom. The summed E-state index contributed by atoms with van der Waals surface area (Å²) in [6.45, 7) is 4.37. The molecule has 4 rings (SSSR count). The van der Waals surface area contributed by atoms with E-state index in [0.29, 0.717) is 25.0 Å². The highest BCUT2D eigenvalue weighted by atomic mass is 16.5. The van der Waals surface area contributed by atoms with Gasteiger partial charge in [0, 0.05) is 43.0 Å². The second kappa shape index (κ2) is 8.70. The second-order valence-corrected chi connectivity index (χ2v) is 6.79. The first-order chi connectivity index (χ1) is 14.2. The molecule has 29 heavy (non-hydrogen) atoms. The van der Waals surface area contributed by atoms with Crippen LogP contribution in [0.5, 0.6) is 0 Å². The van der Waals surface area contributed by atoms with Gasteiger partial charge in [-0.3, -0.25) is 4.79 Å². The van der Waals surface area contributed by atoms with Crippen LogP contribution in [0, 0.1) is 0 Å². The Bertz CT molecular complexity index is 970. The number of carbonyl (C=O) groups excluding carboxylic acids is 1. The molecule has 3 aromatic rings. The molecule has 2 aromatic carbocycles. The number of ether oxygens (including phenoxy) is 1. The van der Waals surface area contributed by atoms with Crippen molar-refractivity contribution in [2.75, 3.05) is 41.8 Å². The largest absolute Gasteiger partial charge is 0.378 e. The summed E-state index contributed by atoms with van der Waals surface area (Å²) >= 11 is 0. The van der Waals surface area contributed by atoms with E-state index in [1.165, 1.54) is 6.92 Å². The van der Waals surface area contributed by atoms with E-state index in [2.05, 4.69) is 15.5 Å². The fraction of sp³-hybridized carbons (Fsp3) is 0.227. The maximum atomic E-state index is 11.2. The molecule has 0 spiro atoms. The molecular formula is C22H23N5O2. The van der Waals surface area contributed by atoms with Crippen molar-refractivity contribution in [2.24, 2.45) is 0 Å². The Hall–Kier alpha value is -3.45. The summed E-state index contributed by atoms with van der Waals surface area (Å²) in [7, 11) is 0. The van der Waals surface area contributed by atoms with Gasteiger partial charge in [-0.1, -0.05) is 30.3 Å². The van der Waals surface area contributed by atoms with E-state index in [-0.39, 0.29) is 5.91 Å². The first-order valence-corrected chi connectivity index (χ1v) is 9.59. The molecule has 2 heterocycles. The van der Waals surface area contributed by atoms with Crippen molar-refractivity contribution in [3.8, 4) is 11.3 Å². The normalized spacial score (nSPS) is 13.8. The lowest BCUT2D eigenvalue weighted by atomic mass is 10.1. The Balaban J connectivity index is 1.63. The van der Waals surface area contributed by atoms with E-state index in [4.69, 9.17) is 14.7 Å². The first-order valence-electron chi connectivity index (χ1n) is 9.59. The lowest BCUT2D eigenvalue weighted by Crippen LogP contribution is -2.37. The molecule has 0 bridgehead atoms. The van der Waals surface area contributed by atoms with Crippen molar-refractivity contribution in [1.29, 1.82) is 0 Å². The Morgan fingerprint density at radius 1 is 0.966 bits per heavy atom. The van der Waals surface area contributed by atoms with Crippen LogP contribution in [0.2, 0.25) is 0 Å². The number of anilines is 4. The maximum Gasteiger partial charge on any atom is 0.228 e. The second-order valence-electron chi connectivity index (χ2n) is 6.79. The molecule has 148 valence electrons. The van der Waals surface area contributed by atoms with Crippen molar-refractivity contribution >= 4 is 29.0 Å². The molecule has 7 heteroatoms. The van der Waals surface area contributed by atoms with Crippen LogP contribution < -0.4 is 15.5 Å². The van der Waals surface area contributed by atoms with Crippen LogP contribution in [-0.4, -0.2) is 42.2 Å². The van der Waals surface area contributed by atoms with Crippen LogP contribution in [0.1, 0.15) is 6.92 Å². The molecule has 2 N–H and O–H groups in total. The molecule has 0 aliphatic carbocycles. The van der Waals surface area contributed by atoms with Crippen molar-refractivity contribution in [2.45, 2.75) is 6.92 Å². The molecule has 1 aliphatic heterocycles. The van der Waals surface area contributed by atoms with E-state index in [0.717, 1.165) is 35.7 Å². The standard InChI is InChI=1S/C22H23N5O2/c1-16(28)23-18-7-9-19(10-8-18)24-21-15-20(17-5-3-2-4-6-17)25-22(26-21)27-11-13-29-14-12-27/h2-10,15H,11-14H2,1H3,(H,23,28)(H,24,25,26). The summed E-state index contributed by atoms with van der Waals surface area (Å²) in [6.07, 6.45) is 0. The predicted octanol–water partition coefficient (Wildman–Crippen LogP) is 3.68. The van der Waals surface area contributed by atoms with Crippen LogP contribution in [-0.2, 0) is 9.53 Å². The number of nitrogens with zero attached hydrogens (tertiary/aromatic N) is 3. The summed E-state index contributed by atoms with van der Waals surface area (Å²) in [4.78, 5) is 22.8. The van der Waals surface area contributed by atoms with E-state index < -0.39 is 0 Å². The minimum absolute atomic E-state index is 0.0934. The number of morpholine rings is 1. The zero-order valence-electron chi connectivity index (χ0n) is 16.3. The minimum atomic E-state index is -0.0934. The molecule has 1 saturated heterocycles. The summed E-state index contributed by atoms with van der Waals surface area (Å²) in [6, 6.07) is 19.5. The monoisotopic (exact) mass is 389 g/mol. The fourth-order valence-corrected chi connectivity index (χ4v) is 3.15. The van der Waals surface area contributed by atoms with Gasteiger partial charge in [0.2, 0.25) is 11.9 Å². The van der Waals surface area contributed by atoms with Gasteiger partial charge in [-0.15, -0.1) is 0 Å². The van der Waals surface area contributed by atoms with Crippen LogP contribution in [0.15, 0.2) is 60.7 Å². The maximum absolute atomic E-state index is 11.2. The number of hydrogen-bond donors (Lipinski definition) is 2. The zero-order valence-corrected chi connectivity index (χ0v) is 16.3. The van der Waals surface area contributed by atoms with Gasteiger partial charge in [-0.25, -0.2) is 4.98 Å². The summed E-state index contributed by atoms with van der Waals surface area (Å²) in [5.41, 5.74) is 3.53. The molecule has 0 unspecified atom stereocenters. The molecule has 7 nitrogen and oxygen atoms in total. The molecule has 0 saturated carbocycles. The number of aromatic nitrogens is 2. The van der Waals surface area contributed by atoms with Gasteiger partial charge in [0.25, 0.3) is 0 Å². The SMILES string of the molecule is CC(=O)Nc1ccc(Nc2cc(-c3ccccc3)nc(N3CCOCC3)n2)cc1. The van der Waals surface area contributed by atoms with Crippen molar-refractivity contribution in [1.82, 2.24) is 9.97 Å². The third-order valence-corrected chi connectivity index (χ3v) is 4.56. The van der Waals surface area contributed by atoms with Gasteiger partial charge in [0.15, 0.2) is 0 Å². The molecule has 1 amide bonds. The van der Waals surface area contributed by atoms with Crippen LogP contribution in [0.4, 0.5) is 23.1 Å². The van der Waals surface area contributed by atoms with Crippen molar-refractivity contribution in [3.63, 3.8) is 0 Å². The smallest absolute Gasteiger partial charge is 0.228 e. The number of nitrogens with one attached hydrogen (secondary N) is 2. The highest BCUT2D eigenvalue weighted by Crippen LogP contribution is 2.26. The van der Waals surface area contributed by atoms with E-state index >= 15 is 0 Å². The van der Waals surface area contributed by atoms with Gasteiger partial charge in [-0.2, -0.15) is 4.98 Å². The summed E-state index contributed by atoms with van der Waals surface area (Å²) < 4.78 is 5.46. The number of rotatable bonds is 5.